The highest BCUT2D eigenvalue weighted by atomic mass is 16.5. The number of nitrogens with one attached hydrogen (secondary N) is 1. The quantitative estimate of drug-likeness (QED) is 0.857. The number of methoxy groups -OCH3 is 1. The van der Waals surface area contributed by atoms with Gasteiger partial charge in [0.15, 0.2) is 18.1 Å². The minimum atomic E-state index is -0.215. The van der Waals surface area contributed by atoms with Crippen molar-refractivity contribution < 1.29 is 19.4 Å². The van der Waals surface area contributed by atoms with E-state index in [9.17, 15) is 9.90 Å². The summed E-state index contributed by atoms with van der Waals surface area (Å²) in [6.45, 7) is -0.0283. The molecule has 0 aromatic heterocycles. The van der Waals surface area contributed by atoms with Crippen molar-refractivity contribution >= 4 is 5.91 Å². The number of amides is 1. The Hall–Kier alpha value is -1.75. The molecule has 0 aliphatic heterocycles. The maximum atomic E-state index is 11.8. The zero-order chi connectivity index (χ0) is 14.4. The molecule has 0 spiro atoms. The Morgan fingerprint density at radius 1 is 1.25 bits per heavy atom. The molecule has 5 nitrogen and oxygen atoms in total. The summed E-state index contributed by atoms with van der Waals surface area (Å²) in [5.41, 5.74) is 0. The Kier molecular flexibility index (Phi) is 5.24. The highest BCUT2D eigenvalue weighted by molar-refractivity contribution is 5.77. The summed E-state index contributed by atoms with van der Waals surface area (Å²) in [4.78, 5) is 11.8. The standard InChI is InChI=1S/C15H21NO4/c1-19-13-4-2-3-5-14(13)20-10-15(18)16-11-6-8-12(17)9-7-11/h2-5,11-12,17H,6-10H2,1H3,(H,16,18). The van der Waals surface area contributed by atoms with Crippen LogP contribution in [0.15, 0.2) is 24.3 Å². The van der Waals surface area contributed by atoms with Gasteiger partial charge in [-0.3, -0.25) is 4.79 Å². The topological polar surface area (TPSA) is 67.8 Å². The average molecular weight is 279 g/mol. The van der Waals surface area contributed by atoms with Crippen molar-refractivity contribution in [3.05, 3.63) is 24.3 Å². The van der Waals surface area contributed by atoms with Crippen molar-refractivity contribution in [2.75, 3.05) is 13.7 Å². The molecular formula is C15H21NO4. The van der Waals surface area contributed by atoms with Crippen LogP contribution in [0, 0.1) is 0 Å². The highest BCUT2D eigenvalue weighted by Crippen LogP contribution is 2.25. The number of hydrogen-bond donors (Lipinski definition) is 2. The molecule has 1 aliphatic rings. The van der Waals surface area contributed by atoms with Gasteiger partial charge in [0.05, 0.1) is 13.2 Å². The number of para-hydroxylation sites is 2. The average Bonchev–Trinajstić information content (AvgIpc) is 2.48. The Morgan fingerprint density at radius 3 is 2.55 bits per heavy atom. The number of ether oxygens (including phenoxy) is 2. The molecule has 0 saturated heterocycles. The smallest absolute Gasteiger partial charge is 0.258 e. The predicted molar refractivity (Wildman–Crippen MR) is 74.9 cm³/mol. The third-order valence-electron chi connectivity index (χ3n) is 3.49. The first-order valence-electron chi connectivity index (χ1n) is 6.92. The Bertz CT molecular complexity index is 441. The molecule has 0 atom stereocenters. The Morgan fingerprint density at radius 2 is 1.90 bits per heavy atom. The van der Waals surface area contributed by atoms with Crippen molar-refractivity contribution in [1.82, 2.24) is 5.32 Å². The van der Waals surface area contributed by atoms with Crippen molar-refractivity contribution in [2.45, 2.75) is 37.8 Å². The van der Waals surface area contributed by atoms with E-state index in [0.717, 1.165) is 25.7 Å². The fraction of sp³-hybridized carbons (Fsp3) is 0.533. The zero-order valence-corrected chi connectivity index (χ0v) is 11.7. The molecule has 1 saturated carbocycles. The second-order valence-electron chi connectivity index (χ2n) is 5.01. The molecular weight excluding hydrogens is 258 g/mol. The third-order valence-corrected chi connectivity index (χ3v) is 3.49. The van der Waals surface area contributed by atoms with Crippen LogP contribution in [-0.2, 0) is 4.79 Å². The fourth-order valence-corrected chi connectivity index (χ4v) is 2.37. The van der Waals surface area contributed by atoms with Gasteiger partial charge in [0, 0.05) is 6.04 Å². The first-order chi connectivity index (χ1) is 9.69. The van der Waals surface area contributed by atoms with E-state index in [1.165, 1.54) is 0 Å². The minimum absolute atomic E-state index is 0.0283. The first kappa shape index (κ1) is 14.7. The van der Waals surface area contributed by atoms with Crippen molar-refractivity contribution in [1.29, 1.82) is 0 Å². The van der Waals surface area contributed by atoms with Crippen LogP contribution >= 0.6 is 0 Å². The number of hydrogen-bond acceptors (Lipinski definition) is 4. The van der Waals surface area contributed by atoms with Crippen molar-refractivity contribution in [3.8, 4) is 11.5 Å². The summed E-state index contributed by atoms with van der Waals surface area (Å²) in [7, 11) is 1.57. The molecule has 5 heteroatoms. The van der Waals surface area contributed by atoms with Crippen LogP contribution < -0.4 is 14.8 Å². The van der Waals surface area contributed by atoms with E-state index in [1.54, 1.807) is 19.2 Å². The summed E-state index contributed by atoms with van der Waals surface area (Å²) in [5.74, 6) is 1.03. The lowest BCUT2D eigenvalue weighted by Crippen LogP contribution is -2.40. The predicted octanol–water partition coefficient (Wildman–Crippen LogP) is 1.49. The van der Waals surface area contributed by atoms with Gasteiger partial charge in [-0.25, -0.2) is 0 Å². The van der Waals surface area contributed by atoms with E-state index in [1.807, 2.05) is 12.1 Å². The molecule has 1 amide bonds. The van der Waals surface area contributed by atoms with Gasteiger partial charge in [0.1, 0.15) is 0 Å². The molecule has 1 aliphatic carbocycles. The maximum Gasteiger partial charge on any atom is 0.258 e. The molecule has 0 unspecified atom stereocenters. The number of aliphatic hydroxyl groups is 1. The second kappa shape index (κ2) is 7.14. The number of benzene rings is 1. The van der Waals surface area contributed by atoms with E-state index < -0.39 is 0 Å². The van der Waals surface area contributed by atoms with E-state index in [0.29, 0.717) is 11.5 Å². The first-order valence-corrected chi connectivity index (χ1v) is 6.92. The lowest BCUT2D eigenvalue weighted by atomic mass is 9.93. The van der Waals surface area contributed by atoms with Crippen LogP contribution in [-0.4, -0.2) is 36.9 Å². The van der Waals surface area contributed by atoms with Gasteiger partial charge in [-0.05, 0) is 37.8 Å². The minimum Gasteiger partial charge on any atom is -0.493 e. The van der Waals surface area contributed by atoms with Crippen LogP contribution in [0.4, 0.5) is 0 Å². The SMILES string of the molecule is COc1ccccc1OCC(=O)NC1CCC(O)CC1. The number of rotatable bonds is 5. The second-order valence-corrected chi connectivity index (χ2v) is 5.01. The zero-order valence-electron chi connectivity index (χ0n) is 11.7. The number of carbonyl (C=O) groups excluding carboxylic acids is 1. The van der Waals surface area contributed by atoms with Crippen LogP contribution in [0.3, 0.4) is 0 Å². The molecule has 110 valence electrons. The summed E-state index contributed by atoms with van der Waals surface area (Å²) in [5, 5.41) is 12.4. The third kappa shape index (κ3) is 4.13. The van der Waals surface area contributed by atoms with Gasteiger partial charge in [0.2, 0.25) is 0 Å². The van der Waals surface area contributed by atoms with E-state index in [4.69, 9.17) is 9.47 Å². The lowest BCUT2D eigenvalue weighted by molar-refractivity contribution is -0.124. The normalized spacial score (nSPS) is 22.1. The van der Waals surface area contributed by atoms with Crippen LogP contribution in [0.2, 0.25) is 0 Å². The van der Waals surface area contributed by atoms with E-state index >= 15 is 0 Å². The molecule has 0 bridgehead atoms. The van der Waals surface area contributed by atoms with Crippen molar-refractivity contribution in [3.63, 3.8) is 0 Å². The largest absolute Gasteiger partial charge is 0.493 e. The highest BCUT2D eigenvalue weighted by Gasteiger charge is 2.20. The van der Waals surface area contributed by atoms with Crippen LogP contribution in [0.1, 0.15) is 25.7 Å². The van der Waals surface area contributed by atoms with Crippen LogP contribution in [0.25, 0.3) is 0 Å². The molecule has 2 N–H and O–H groups in total. The van der Waals surface area contributed by atoms with Crippen molar-refractivity contribution in [2.24, 2.45) is 0 Å². The molecule has 1 aromatic carbocycles. The van der Waals surface area contributed by atoms with E-state index in [-0.39, 0.29) is 24.7 Å². The van der Waals surface area contributed by atoms with Crippen LogP contribution in [0.5, 0.6) is 11.5 Å². The Labute approximate surface area is 118 Å². The molecule has 0 radical (unpaired) electrons. The summed E-state index contributed by atoms with van der Waals surface area (Å²) >= 11 is 0. The summed E-state index contributed by atoms with van der Waals surface area (Å²) in [6.07, 6.45) is 2.92. The molecule has 20 heavy (non-hydrogen) atoms. The van der Waals surface area contributed by atoms with Gasteiger partial charge >= 0.3 is 0 Å². The fourth-order valence-electron chi connectivity index (χ4n) is 2.37. The van der Waals surface area contributed by atoms with Gasteiger partial charge in [-0.15, -0.1) is 0 Å². The van der Waals surface area contributed by atoms with Gasteiger partial charge in [0.25, 0.3) is 5.91 Å². The van der Waals surface area contributed by atoms with Gasteiger partial charge < -0.3 is 19.9 Å². The Balaban J connectivity index is 1.77. The van der Waals surface area contributed by atoms with E-state index in [2.05, 4.69) is 5.32 Å². The maximum absolute atomic E-state index is 11.8. The molecule has 0 heterocycles. The molecule has 2 rings (SSSR count). The van der Waals surface area contributed by atoms with Gasteiger partial charge in [-0.1, -0.05) is 12.1 Å². The lowest BCUT2D eigenvalue weighted by Gasteiger charge is -2.26. The summed E-state index contributed by atoms with van der Waals surface area (Å²) in [6, 6.07) is 7.38. The summed E-state index contributed by atoms with van der Waals surface area (Å²) < 4.78 is 10.6. The molecule has 1 fully saturated rings. The molecule has 1 aromatic rings. The number of aliphatic hydroxyl groups excluding tert-OH is 1. The van der Waals surface area contributed by atoms with Gasteiger partial charge in [-0.2, -0.15) is 0 Å². The monoisotopic (exact) mass is 279 g/mol. The number of carbonyl (C=O) groups is 1.